The summed E-state index contributed by atoms with van der Waals surface area (Å²) in [5.41, 5.74) is 3.27. The molecule has 0 unspecified atom stereocenters. The van der Waals surface area contributed by atoms with Gasteiger partial charge in [0, 0.05) is 24.8 Å². The van der Waals surface area contributed by atoms with Gasteiger partial charge in [-0.25, -0.2) is 5.01 Å². The van der Waals surface area contributed by atoms with Gasteiger partial charge >= 0.3 is 0 Å². The first-order chi connectivity index (χ1) is 14.7. The number of fused-ring (bicyclic) bond motifs is 4. The van der Waals surface area contributed by atoms with Crippen molar-refractivity contribution in [3.8, 4) is 5.75 Å². The Morgan fingerprint density at radius 1 is 0.933 bits per heavy atom. The number of hydrogen-bond acceptors (Lipinski definition) is 4. The first kappa shape index (κ1) is 18.3. The van der Waals surface area contributed by atoms with Crippen molar-refractivity contribution in [2.45, 2.75) is 49.8 Å². The predicted molar refractivity (Wildman–Crippen MR) is 120 cm³/mol. The van der Waals surface area contributed by atoms with E-state index in [9.17, 15) is 0 Å². The monoisotopic (exact) mass is 462 g/mol. The van der Waals surface area contributed by atoms with E-state index in [0.717, 1.165) is 54.0 Å². The number of benzene rings is 2. The Hall–Kier alpha value is -2.53. The van der Waals surface area contributed by atoms with E-state index in [1.54, 1.807) is 0 Å². The van der Waals surface area contributed by atoms with Crippen LogP contribution in [0, 0.1) is 0 Å². The highest BCUT2D eigenvalue weighted by Crippen LogP contribution is 2.53. The summed E-state index contributed by atoms with van der Waals surface area (Å²) in [6.45, 7) is 0. The lowest BCUT2D eigenvalue weighted by atomic mass is 9.78. The maximum atomic E-state index is 6.73. The highest BCUT2D eigenvalue weighted by atomic mass is 79.9. The van der Waals surface area contributed by atoms with Gasteiger partial charge in [0.1, 0.15) is 11.5 Å². The Kier molecular flexibility index (Phi) is 4.27. The molecule has 0 amide bonds. The summed E-state index contributed by atoms with van der Waals surface area (Å²) in [6, 6.07) is 23.4. The second-order valence-electron chi connectivity index (χ2n) is 8.49. The van der Waals surface area contributed by atoms with Crippen molar-refractivity contribution in [1.82, 2.24) is 5.01 Å². The highest BCUT2D eigenvalue weighted by molar-refractivity contribution is 9.10. The molecule has 1 spiro atoms. The predicted octanol–water partition coefficient (Wildman–Crippen LogP) is 6.64. The Morgan fingerprint density at radius 2 is 1.70 bits per heavy atom. The summed E-state index contributed by atoms with van der Waals surface area (Å²) in [5.74, 6) is 2.43. The average Bonchev–Trinajstić information content (AvgIpc) is 3.42. The maximum Gasteiger partial charge on any atom is 0.198 e. The van der Waals surface area contributed by atoms with E-state index in [1.165, 1.54) is 11.1 Å². The van der Waals surface area contributed by atoms with Crippen LogP contribution in [0.4, 0.5) is 0 Å². The van der Waals surface area contributed by atoms with Crippen LogP contribution in [0.25, 0.3) is 0 Å². The first-order valence-electron chi connectivity index (χ1n) is 10.7. The molecule has 30 heavy (non-hydrogen) atoms. The minimum atomic E-state index is -0.379. The number of para-hydroxylation sites is 1. The Bertz CT molecular complexity index is 1100. The molecule has 1 saturated carbocycles. The van der Waals surface area contributed by atoms with Crippen molar-refractivity contribution in [2.24, 2.45) is 5.10 Å². The summed E-state index contributed by atoms with van der Waals surface area (Å²) >= 11 is 3.42. The molecule has 0 bridgehead atoms. The van der Waals surface area contributed by atoms with Gasteiger partial charge in [-0.05, 0) is 58.5 Å². The summed E-state index contributed by atoms with van der Waals surface area (Å²) in [6.07, 6.45) is 4.98. The normalized spacial score (nSPS) is 27.4. The van der Waals surface area contributed by atoms with Crippen LogP contribution in [0.3, 0.4) is 0 Å². The Labute approximate surface area is 184 Å². The molecular formula is C25H23BrN2O2. The van der Waals surface area contributed by atoms with Gasteiger partial charge in [-0.2, -0.15) is 5.10 Å². The number of hydrogen-bond donors (Lipinski definition) is 0. The molecule has 3 aromatic rings. The van der Waals surface area contributed by atoms with Crippen LogP contribution >= 0.6 is 15.9 Å². The zero-order valence-corrected chi connectivity index (χ0v) is 18.2. The molecule has 2 aliphatic heterocycles. The van der Waals surface area contributed by atoms with Crippen LogP contribution in [0.2, 0.25) is 0 Å². The van der Waals surface area contributed by atoms with E-state index >= 15 is 0 Å². The number of rotatable bonds is 2. The number of nitrogens with zero attached hydrogens (tertiary/aromatic N) is 2. The van der Waals surface area contributed by atoms with Crippen LogP contribution in [0.5, 0.6) is 5.75 Å². The SMILES string of the molecule is Brc1ccc(C2=NN3[C@H](C2)c2ccccc2OC32CCC(c3ccccc3)CC2)o1. The molecule has 1 atom stereocenters. The fourth-order valence-corrected chi connectivity index (χ4v) is 5.61. The van der Waals surface area contributed by atoms with Crippen molar-refractivity contribution in [2.75, 3.05) is 0 Å². The third-order valence-corrected chi connectivity index (χ3v) is 7.23. The zero-order valence-electron chi connectivity index (χ0n) is 16.6. The van der Waals surface area contributed by atoms with E-state index in [0.29, 0.717) is 5.92 Å². The molecule has 4 nitrogen and oxygen atoms in total. The van der Waals surface area contributed by atoms with Gasteiger partial charge in [-0.1, -0.05) is 48.5 Å². The van der Waals surface area contributed by atoms with Crippen LogP contribution in [-0.2, 0) is 0 Å². The van der Waals surface area contributed by atoms with Crippen molar-refractivity contribution in [3.05, 3.63) is 88.3 Å². The fraction of sp³-hybridized carbons (Fsp3) is 0.320. The minimum Gasteiger partial charge on any atom is -0.466 e. The van der Waals surface area contributed by atoms with Crippen LogP contribution in [0.15, 0.2) is 80.9 Å². The van der Waals surface area contributed by atoms with Gasteiger partial charge in [0.2, 0.25) is 0 Å². The second-order valence-corrected chi connectivity index (χ2v) is 9.27. The van der Waals surface area contributed by atoms with Crippen molar-refractivity contribution in [3.63, 3.8) is 0 Å². The average molecular weight is 463 g/mol. The summed E-state index contributed by atoms with van der Waals surface area (Å²) in [5, 5.41) is 7.33. The summed E-state index contributed by atoms with van der Waals surface area (Å²) < 4.78 is 13.3. The standard InChI is InChI=1S/C25H23BrN2O2/c26-24-11-10-23(29-24)20-16-21-19-8-4-5-9-22(19)30-25(28(21)27-20)14-12-18(13-15-25)17-6-2-1-3-7-17/h1-11,18,21H,12-16H2/t18?,21-,25?/m1/s1. The van der Waals surface area contributed by atoms with Gasteiger partial charge in [-0.15, -0.1) is 0 Å². The summed E-state index contributed by atoms with van der Waals surface area (Å²) in [7, 11) is 0. The fourth-order valence-electron chi connectivity index (χ4n) is 5.31. The smallest absolute Gasteiger partial charge is 0.198 e. The van der Waals surface area contributed by atoms with E-state index in [2.05, 4.69) is 75.5 Å². The van der Waals surface area contributed by atoms with Gasteiger partial charge in [0.25, 0.3) is 0 Å². The number of ether oxygens (including phenoxy) is 1. The molecule has 1 aliphatic carbocycles. The molecule has 1 fully saturated rings. The van der Waals surface area contributed by atoms with E-state index in [4.69, 9.17) is 14.3 Å². The molecule has 5 heteroatoms. The van der Waals surface area contributed by atoms with Gasteiger partial charge in [0.05, 0.1) is 6.04 Å². The molecule has 0 radical (unpaired) electrons. The molecule has 3 aliphatic rings. The van der Waals surface area contributed by atoms with Crippen molar-refractivity contribution >= 4 is 21.6 Å². The minimum absolute atomic E-state index is 0.196. The third-order valence-electron chi connectivity index (χ3n) is 6.80. The molecule has 152 valence electrons. The maximum absolute atomic E-state index is 6.73. The molecule has 3 heterocycles. The molecule has 0 saturated heterocycles. The van der Waals surface area contributed by atoms with Gasteiger partial charge < -0.3 is 9.15 Å². The molecular weight excluding hydrogens is 440 g/mol. The third kappa shape index (κ3) is 2.90. The second kappa shape index (κ2) is 7.02. The number of hydrazone groups is 1. The van der Waals surface area contributed by atoms with E-state index in [1.807, 2.05) is 12.1 Å². The van der Waals surface area contributed by atoms with E-state index < -0.39 is 0 Å². The van der Waals surface area contributed by atoms with Crippen LogP contribution in [0.1, 0.15) is 61.0 Å². The zero-order chi connectivity index (χ0) is 20.1. The summed E-state index contributed by atoms with van der Waals surface area (Å²) in [4.78, 5) is 0. The highest BCUT2D eigenvalue weighted by Gasteiger charge is 2.52. The Morgan fingerprint density at radius 3 is 2.47 bits per heavy atom. The molecule has 6 rings (SSSR count). The van der Waals surface area contributed by atoms with Crippen LogP contribution < -0.4 is 4.74 Å². The lowest BCUT2D eigenvalue weighted by molar-refractivity contribution is -0.142. The van der Waals surface area contributed by atoms with Crippen molar-refractivity contribution < 1.29 is 9.15 Å². The number of halogens is 1. The molecule has 2 aromatic carbocycles. The van der Waals surface area contributed by atoms with Crippen LogP contribution in [-0.4, -0.2) is 16.4 Å². The van der Waals surface area contributed by atoms with Crippen molar-refractivity contribution in [1.29, 1.82) is 0 Å². The largest absolute Gasteiger partial charge is 0.466 e. The lowest BCUT2D eigenvalue weighted by Crippen LogP contribution is -2.55. The Balaban J connectivity index is 1.35. The molecule has 1 aromatic heterocycles. The quantitative estimate of drug-likeness (QED) is 0.428. The van der Waals surface area contributed by atoms with Gasteiger partial charge in [-0.3, -0.25) is 0 Å². The lowest BCUT2D eigenvalue weighted by Gasteiger charge is -2.50. The van der Waals surface area contributed by atoms with Gasteiger partial charge in [0.15, 0.2) is 16.2 Å². The topological polar surface area (TPSA) is 38.0 Å². The number of furan rings is 1. The molecule has 0 N–H and O–H groups in total. The van der Waals surface area contributed by atoms with E-state index in [-0.39, 0.29) is 11.8 Å². The first-order valence-corrected chi connectivity index (χ1v) is 11.5.